The first kappa shape index (κ1) is 15.2. The molecule has 0 amide bonds. The fourth-order valence-corrected chi connectivity index (χ4v) is 2.04. The SMILES string of the molecule is CCC(CC)CN(CC)c1nnccc1/C(N)=N/O. The molecule has 0 unspecified atom stereocenters. The Labute approximate surface area is 114 Å². The summed E-state index contributed by atoms with van der Waals surface area (Å²) in [5, 5.41) is 19.9. The summed E-state index contributed by atoms with van der Waals surface area (Å²) >= 11 is 0. The van der Waals surface area contributed by atoms with Crippen LogP contribution in [0.1, 0.15) is 39.2 Å². The van der Waals surface area contributed by atoms with Crippen molar-refractivity contribution in [2.75, 3.05) is 18.0 Å². The van der Waals surface area contributed by atoms with Gasteiger partial charge in [0.15, 0.2) is 11.7 Å². The third kappa shape index (κ3) is 3.81. The van der Waals surface area contributed by atoms with Crippen molar-refractivity contribution in [3.8, 4) is 0 Å². The second-order valence-corrected chi connectivity index (χ2v) is 4.47. The number of hydrogen-bond acceptors (Lipinski definition) is 5. The van der Waals surface area contributed by atoms with Gasteiger partial charge in [-0.1, -0.05) is 31.8 Å². The average molecular weight is 265 g/mol. The van der Waals surface area contributed by atoms with E-state index in [-0.39, 0.29) is 5.84 Å². The van der Waals surface area contributed by atoms with Crippen LogP contribution < -0.4 is 10.6 Å². The Kier molecular flexibility index (Phi) is 6.05. The Balaban J connectivity index is 3.04. The first-order valence-electron chi connectivity index (χ1n) is 6.72. The van der Waals surface area contributed by atoms with Crippen molar-refractivity contribution >= 4 is 11.7 Å². The predicted molar refractivity (Wildman–Crippen MR) is 76.5 cm³/mol. The van der Waals surface area contributed by atoms with Gasteiger partial charge in [-0.2, -0.15) is 5.10 Å². The molecule has 0 aliphatic rings. The first-order valence-corrected chi connectivity index (χ1v) is 6.72. The van der Waals surface area contributed by atoms with Crippen LogP contribution in [-0.4, -0.2) is 34.3 Å². The quantitative estimate of drug-likeness (QED) is 0.340. The number of anilines is 1. The summed E-state index contributed by atoms with van der Waals surface area (Å²) in [6.07, 6.45) is 3.78. The lowest BCUT2D eigenvalue weighted by Gasteiger charge is -2.27. The number of aromatic nitrogens is 2. The molecule has 1 aromatic rings. The Morgan fingerprint density at radius 3 is 2.63 bits per heavy atom. The highest BCUT2D eigenvalue weighted by Gasteiger charge is 2.17. The van der Waals surface area contributed by atoms with E-state index in [2.05, 4.69) is 41.0 Å². The molecule has 0 radical (unpaired) electrons. The van der Waals surface area contributed by atoms with Crippen LogP contribution in [0.25, 0.3) is 0 Å². The van der Waals surface area contributed by atoms with E-state index in [1.165, 1.54) is 0 Å². The molecule has 19 heavy (non-hydrogen) atoms. The van der Waals surface area contributed by atoms with Gasteiger partial charge in [-0.25, -0.2) is 0 Å². The number of rotatable bonds is 7. The normalized spacial score (nSPS) is 11.9. The summed E-state index contributed by atoms with van der Waals surface area (Å²) in [6, 6.07) is 1.72. The molecule has 1 rings (SSSR count). The molecule has 0 atom stereocenters. The van der Waals surface area contributed by atoms with Crippen LogP contribution in [0.15, 0.2) is 17.4 Å². The predicted octanol–water partition coefficient (Wildman–Crippen LogP) is 1.83. The highest BCUT2D eigenvalue weighted by atomic mass is 16.4. The maximum atomic E-state index is 8.84. The summed E-state index contributed by atoms with van der Waals surface area (Å²) in [5.74, 6) is 1.34. The second-order valence-electron chi connectivity index (χ2n) is 4.47. The molecule has 0 saturated heterocycles. The number of nitrogens with two attached hydrogens (primary N) is 1. The summed E-state index contributed by atoms with van der Waals surface area (Å²) in [7, 11) is 0. The van der Waals surface area contributed by atoms with Gasteiger partial charge in [-0.3, -0.25) is 0 Å². The van der Waals surface area contributed by atoms with E-state index < -0.39 is 0 Å². The Morgan fingerprint density at radius 2 is 2.11 bits per heavy atom. The fraction of sp³-hybridized carbons (Fsp3) is 0.615. The van der Waals surface area contributed by atoms with Gasteiger partial charge in [0.05, 0.1) is 11.8 Å². The van der Waals surface area contributed by atoms with Gasteiger partial charge in [0.2, 0.25) is 0 Å². The van der Waals surface area contributed by atoms with Crippen molar-refractivity contribution in [2.45, 2.75) is 33.6 Å². The molecule has 0 fully saturated rings. The van der Waals surface area contributed by atoms with Gasteiger partial charge in [-0.05, 0) is 18.9 Å². The molecule has 106 valence electrons. The van der Waals surface area contributed by atoms with Gasteiger partial charge in [0.1, 0.15) is 0 Å². The van der Waals surface area contributed by atoms with Crippen LogP contribution in [0.5, 0.6) is 0 Å². The van der Waals surface area contributed by atoms with Crippen molar-refractivity contribution in [1.82, 2.24) is 10.2 Å². The molecular weight excluding hydrogens is 242 g/mol. The number of hydrogen-bond donors (Lipinski definition) is 2. The van der Waals surface area contributed by atoms with Crippen LogP contribution in [-0.2, 0) is 0 Å². The second kappa shape index (κ2) is 7.56. The summed E-state index contributed by atoms with van der Waals surface area (Å²) in [5.41, 5.74) is 6.30. The third-order valence-electron chi connectivity index (χ3n) is 3.40. The maximum absolute atomic E-state index is 8.84. The van der Waals surface area contributed by atoms with E-state index in [9.17, 15) is 0 Å². The lowest BCUT2D eigenvalue weighted by atomic mass is 10.0. The molecular formula is C13H23N5O. The summed E-state index contributed by atoms with van der Waals surface area (Å²) in [6.45, 7) is 8.13. The van der Waals surface area contributed by atoms with Gasteiger partial charge in [-0.15, -0.1) is 5.10 Å². The zero-order chi connectivity index (χ0) is 14.3. The van der Waals surface area contributed by atoms with Crippen LogP contribution >= 0.6 is 0 Å². The van der Waals surface area contributed by atoms with E-state index in [0.717, 1.165) is 25.9 Å². The van der Waals surface area contributed by atoms with Crippen LogP contribution in [0.3, 0.4) is 0 Å². The van der Waals surface area contributed by atoms with Crippen LogP contribution in [0.4, 0.5) is 5.82 Å². The zero-order valence-electron chi connectivity index (χ0n) is 11.9. The van der Waals surface area contributed by atoms with Crippen LogP contribution in [0.2, 0.25) is 0 Å². The minimum atomic E-state index is 0.0629. The molecule has 0 spiro atoms. The smallest absolute Gasteiger partial charge is 0.173 e. The fourth-order valence-electron chi connectivity index (χ4n) is 2.04. The van der Waals surface area contributed by atoms with Gasteiger partial charge >= 0.3 is 0 Å². The standard InChI is InChI=1S/C13H23N5O/c1-4-10(5-2)9-18(6-3)13-11(12(14)17-19)7-8-15-16-13/h7-8,10,19H,4-6,9H2,1-3H3,(H2,14,17). The molecule has 0 aliphatic carbocycles. The lowest BCUT2D eigenvalue weighted by molar-refractivity contribution is 0.318. The number of nitrogens with zero attached hydrogens (tertiary/aromatic N) is 4. The molecule has 1 aromatic heterocycles. The van der Waals surface area contributed by atoms with Crippen molar-refractivity contribution in [1.29, 1.82) is 0 Å². The molecule has 0 aromatic carbocycles. The molecule has 6 heteroatoms. The van der Waals surface area contributed by atoms with Crippen molar-refractivity contribution in [3.63, 3.8) is 0 Å². The Morgan fingerprint density at radius 1 is 1.42 bits per heavy atom. The van der Waals surface area contributed by atoms with E-state index in [4.69, 9.17) is 10.9 Å². The highest BCUT2D eigenvalue weighted by molar-refractivity contribution is 6.01. The summed E-state index contributed by atoms with van der Waals surface area (Å²) in [4.78, 5) is 2.12. The summed E-state index contributed by atoms with van der Waals surface area (Å²) < 4.78 is 0. The molecule has 1 heterocycles. The van der Waals surface area contributed by atoms with E-state index in [0.29, 0.717) is 17.3 Å². The first-order chi connectivity index (χ1) is 9.17. The molecule has 0 saturated carbocycles. The van der Waals surface area contributed by atoms with E-state index >= 15 is 0 Å². The Hall–Kier alpha value is -1.85. The van der Waals surface area contributed by atoms with Crippen LogP contribution in [0, 0.1) is 5.92 Å². The average Bonchev–Trinajstić information content (AvgIpc) is 2.48. The topological polar surface area (TPSA) is 87.6 Å². The number of oxime groups is 1. The maximum Gasteiger partial charge on any atom is 0.173 e. The molecule has 0 aliphatic heterocycles. The Bertz CT molecular complexity index is 417. The monoisotopic (exact) mass is 265 g/mol. The molecule has 3 N–H and O–H groups in total. The van der Waals surface area contributed by atoms with Gasteiger partial charge < -0.3 is 15.8 Å². The van der Waals surface area contributed by atoms with E-state index in [1.54, 1.807) is 12.3 Å². The van der Waals surface area contributed by atoms with E-state index in [1.807, 2.05) is 0 Å². The minimum Gasteiger partial charge on any atom is -0.409 e. The molecule has 0 bridgehead atoms. The molecule has 6 nitrogen and oxygen atoms in total. The van der Waals surface area contributed by atoms with Crippen molar-refractivity contribution < 1.29 is 5.21 Å². The van der Waals surface area contributed by atoms with Crippen molar-refractivity contribution in [2.24, 2.45) is 16.8 Å². The van der Waals surface area contributed by atoms with Gasteiger partial charge in [0, 0.05) is 13.1 Å². The van der Waals surface area contributed by atoms with Crippen molar-refractivity contribution in [3.05, 3.63) is 17.8 Å². The number of amidine groups is 1. The minimum absolute atomic E-state index is 0.0629. The zero-order valence-corrected chi connectivity index (χ0v) is 11.9. The lowest BCUT2D eigenvalue weighted by Crippen LogP contribution is -2.32. The van der Waals surface area contributed by atoms with Gasteiger partial charge in [0.25, 0.3) is 0 Å². The largest absolute Gasteiger partial charge is 0.409 e. The highest BCUT2D eigenvalue weighted by Crippen LogP contribution is 2.19. The third-order valence-corrected chi connectivity index (χ3v) is 3.40.